The highest BCUT2D eigenvalue weighted by molar-refractivity contribution is 5.84. The third-order valence-corrected chi connectivity index (χ3v) is 10.1. The number of hydrogen-bond acceptors (Lipinski definition) is 7. The maximum absolute atomic E-state index is 13.8. The number of nitrogens with zero attached hydrogens (tertiary/aromatic N) is 3. The fourth-order valence-electron chi connectivity index (χ4n) is 7.91. The van der Waals surface area contributed by atoms with Crippen LogP contribution in [0.2, 0.25) is 0 Å². The molecule has 4 unspecified atom stereocenters. The number of hydrogen-bond donors (Lipinski definition) is 1. The van der Waals surface area contributed by atoms with Crippen LogP contribution in [-0.2, 0) is 19.1 Å². The summed E-state index contributed by atoms with van der Waals surface area (Å²) < 4.78 is 11.5. The predicted octanol–water partition coefficient (Wildman–Crippen LogP) is 3.86. The van der Waals surface area contributed by atoms with E-state index < -0.39 is 17.8 Å². The number of ether oxygens (including phenoxy) is 2. The fourth-order valence-corrected chi connectivity index (χ4v) is 7.91. The highest BCUT2D eigenvalue weighted by Gasteiger charge is 2.49. The number of morpholine rings is 1. The van der Waals surface area contributed by atoms with Crippen LogP contribution in [-0.4, -0.2) is 107 Å². The topological polar surface area (TPSA) is 99.6 Å². The van der Waals surface area contributed by atoms with Gasteiger partial charge in [-0.25, -0.2) is 4.79 Å². The van der Waals surface area contributed by atoms with Gasteiger partial charge in [-0.15, -0.1) is 0 Å². The Hall–Kier alpha value is -1.71. The number of aliphatic hydroxyl groups excluding tert-OH is 1. The Labute approximate surface area is 246 Å². The quantitative estimate of drug-likeness (QED) is 0.446. The number of carbonyl (C=O) groups excluding carboxylic acids is 3. The van der Waals surface area contributed by atoms with Crippen LogP contribution in [0.1, 0.15) is 91.4 Å². The van der Waals surface area contributed by atoms with Gasteiger partial charge in [-0.1, -0.05) is 19.3 Å². The average Bonchev–Trinajstić information content (AvgIpc) is 3.75. The van der Waals surface area contributed by atoms with Crippen molar-refractivity contribution in [2.75, 3.05) is 45.9 Å². The van der Waals surface area contributed by atoms with Gasteiger partial charge in [0.15, 0.2) is 6.10 Å². The fraction of sp³-hybridized carbons (Fsp3) is 0.906. The van der Waals surface area contributed by atoms with Crippen molar-refractivity contribution in [3.63, 3.8) is 0 Å². The second-order valence-corrected chi connectivity index (χ2v) is 14.3. The molecule has 0 spiro atoms. The van der Waals surface area contributed by atoms with Crippen LogP contribution in [0, 0.1) is 23.7 Å². The second kappa shape index (κ2) is 13.3. The van der Waals surface area contributed by atoms with E-state index in [9.17, 15) is 19.5 Å². The predicted molar refractivity (Wildman–Crippen MR) is 155 cm³/mol. The lowest BCUT2D eigenvalue weighted by Crippen LogP contribution is -2.54. The molecule has 0 aromatic carbocycles. The molecule has 5 atom stereocenters. The summed E-state index contributed by atoms with van der Waals surface area (Å²) >= 11 is 0. The summed E-state index contributed by atoms with van der Waals surface area (Å²) in [4.78, 5) is 46.3. The summed E-state index contributed by atoms with van der Waals surface area (Å²) in [5.74, 6) is 1.64. The number of carbonyl (C=O) groups is 3. The molecule has 0 aromatic rings. The SMILES string of the molecule is CC(C)(C)OC(=O)N1CCO[C@@H](C(=O)N(CC2CCC3C(C(=O)C4CCCCC4)CN(CCCO)C3C2)C2CC2)C1. The average molecular weight is 576 g/mol. The van der Waals surface area contributed by atoms with Gasteiger partial charge in [-0.05, 0) is 84.0 Å². The van der Waals surface area contributed by atoms with Crippen molar-refractivity contribution in [1.29, 1.82) is 0 Å². The molecule has 5 rings (SSSR count). The number of ketones is 1. The maximum Gasteiger partial charge on any atom is 0.410 e. The Morgan fingerprint density at radius 1 is 1.00 bits per heavy atom. The van der Waals surface area contributed by atoms with Gasteiger partial charge >= 0.3 is 6.09 Å². The molecule has 5 aliphatic rings. The smallest absolute Gasteiger partial charge is 0.410 e. The Morgan fingerprint density at radius 3 is 2.44 bits per heavy atom. The summed E-state index contributed by atoms with van der Waals surface area (Å²) in [5.41, 5.74) is -0.584. The van der Waals surface area contributed by atoms with Crippen LogP contribution in [0.3, 0.4) is 0 Å². The van der Waals surface area contributed by atoms with Crippen molar-refractivity contribution in [2.24, 2.45) is 23.7 Å². The molecule has 5 fully saturated rings. The molecule has 9 heteroatoms. The zero-order chi connectivity index (χ0) is 29.1. The molecule has 3 aliphatic carbocycles. The lowest BCUT2D eigenvalue weighted by molar-refractivity contribution is -0.150. The first kappa shape index (κ1) is 30.7. The van der Waals surface area contributed by atoms with Crippen LogP contribution >= 0.6 is 0 Å². The van der Waals surface area contributed by atoms with Crippen LogP contribution in [0.4, 0.5) is 4.79 Å². The lowest BCUT2D eigenvalue weighted by Gasteiger charge is -2.40. The van der Waals surface area contributed by atoms with Crippen molar-refractivity contribution in [3.8, 4) is 0 Å². The molecule has 2 heterocycles. The van der Waals surface area contributed by atoms with E-state index in [0.29, 0.717) is 43.4 Å². The van der Waals surface area contributed by atoms with Gasteiger partial charge in [-0.3, -0.25) is 14.5 Å². The largest absolute Gasteiger partial charge is 0.444 e. The number of fused-ring (bicyclic) bond motifs is 1. The summed E-state index contributed by atoms with van der Waals surface area (Å²) in [6.07, 6.45) is 10.5. The molecule has 9 nitrogen and oxygen atoms in total. The number of Topliss-reactive ketones (excluding diaryl/α,β-unsaturated/α-hetero) is 1. The van der Waals surface area contributed by atoms with Crippen LogP contribution in [0.25, 0.3) is 0 Å². The first-order chi connectivity index (χ1) is 19.6. The van der Waals surface area contributed by atoms with E-state index in [-0.39, 0.29) is 36.9 Å². The van der Waals surface area contributed by atoms with E-state index in [1.807, 2.05) is 25.7 Å². The Balaban J connectivity index is 1.22. The summed E-state index contributed by atoms with van der Waals surface area (Å²) in [5, 5.41) is 9.55. The molecule has 0 aromatic heterocycles. The number of likely N-dealkylation sites (tertiary alicyclic amines) is 1. The zero-order valence-corrected chi connectivity index (χ0v) is 25.6. The summed E-state index contributed by atoms with van der Waals surface area (Å²) in [7, 11) is 0. The lowest BCUT2D eigenvalue weighted by atomic mass is 9.71. The highest BCUT2D eigenvalue weighted by atomic mass is 16.6. The van der Waals surface area contributed by atoms with E-state index in [1.54, 1.807) is 4.90 Å². The number of aliphatic hydroxyl groups is 1. The van der Waals surface area contributed by atoms with Crippen molar-refractivity contribution < 1.29 is 29.0 Å². The first-order valence-corrected chi connectivity index (χ1v) is 16.4. The minimum Gasteiger partial charge on any atom is -0.444 e. The third kappa shape index (κ3) is 7.63. The van der Waals surface area contributed by atoms with Gasteiger partial charge in [0.25, 0.3) is 5.91 Å². The van der Waals surface area contributed by atoms with Gasteiger partial charge in [0.2, 0.25) is 0 Å². The summed E-state index contributed by atoms with van der Waals surface area (Å²) in [6.45, 7) is 9.09. The monoisotopic (exact) mass is 575 g/mol. The van der Waals surface area contributed by atoms with E-state index in [2.05, 4.69) is 4.90 Å². The molecule has 3 saturated carbocycles. The zero-order valence-electron chi connectivity index (χ0n) is 25.6. The molecule has 2 amide bonds. The van der Waals surface area contributed by atoms with Crippen molar-refractivity contribution >= 4 is 17.8 Å². The first-order valence-electron chi connectivity index (χ1n) is 16.4. The van der Waals surface area contributed by atoms with Gasteiger partial charge in [-0.2, -0.15) is 0 Å². The third-order valence-electron chi connectivity index (χ3n) is 10.1. The van der Waals surface area contributed by atoms with Gasteiger partial charge < -0.3 is 24.4 Å². The molecule has 41 heavy (non-hydrogen) atoms. The Bertz CT molecular complexity index is 927. The minimum atomic E-state index is -0.654. The van der Waals surface area contributed by atoms with E-state index in [0.717, 1.165) is 64.5 Å². The standard InChI is InChI=1S/C32H53N3O6/c1-32(2,3)41-31(39)34-15-17-40-28(21-34)30(38)35(24-11-12-24)19-22-10-13-25-26(29(37)23-8-5-4-6-9-23)20-33(14-7-16-36)27(25)18-22/h22-28,36H,4-21H2,1-3H3/t22?,25?,26?,27?,28-/m1/s1. The maximum atomic E-state index is 13.8. The van der Waals surface area contributed by atoms with Crippen molar-refractivity contribution in [3.05, 3.63) is 0 Å². The van der Waals surface area contributed by atoms with E-state index in [4.69, 9.17) is 9.47 Å². The van der Waals surface area contributed by atoms with Crippen LogP contribution in [0.15, 0.2) is 0 Å². The Kier molecular flexibility index (Phi) is 9.97. The van der Waals surface area contributed by atoms with E-state index in [1.165, 1.54) is 19.3 Å². The molecule has 2 saturated heterocycles. The molecule has 0 bridgehead atoms. The van der Waals surface area contributed by atoms with Crippen LogP contribution < -0.4 is 0 Å². The van der Waals surface area contributed by atoms with Crippen LogP contribution in [0.5, 0.6) is 0 Å². The van der Waals surface area contributed by atoms with Gasteiger partial charge in [0.1, 0.15) is 11.4 Å². The van der Waals surface area contributed by atoms with Crippen molar-refractivity contribution in [1.82, 2.24) is 14.7 Å². The molecular formula is C32H53N3O6. The summed E-state index contributed by atoms with van der Waals surface area (Å²) in [6, 6.07) is 0.609. The molecule has 232 valence electrons. The van der Waals surface area contributed by atoms with Gasteiger partial charge in [0.05, 0.1) is 13.2 Å². The molecule has 1 N–H and O–H groups in total. The number of rotatable bonds is 9. The molecular weight excluding hydrogens is 522 g/mol. The highest BCUT2D eigenvalue weighted by Crippen LogP contribution is 2.45. The number of amides is 2. The normalized spacial score (nSPS) is 31.5. The molecule has 2 aliphatic heterocycles. The van der Waals surface area contributed by atoms with Gasteiger partial charge in [0, 0.05) is 56.7 Å². The molecule has 0 radical (unpaired) electrons. The van der Waals surface area contributed by atoms with Crippen molar-refractivity contribution in [2.45, 2.75) is 115 Å². The van der Waals surface area contributed by atoms with E-state index >= 15 is 0 Å². The second-order valence-electron chi connectivity index (χ2n) is 14.3. The minimum absolute atomic E-state index is 0.00297. The Morgan fingerprint density at radius 2 is 1.76 bits per heavy atom.